The summed E-state index contributed by atoms with van der Waals surface area (Å²) in [4.78, 5) is 22.4. The number of anilines is 2. The number of benzene rings is 2. The molecule has 0 fully saturated rings. The van der Waals surface area contributed by atoms with Gasteiger partial charge in [-0.15, -0.1) is 11.3 Å². The fraction of sp³-hybridized carbons (Fsp3) is 0.136. The second-order valence-electron chi connectivity index (χ2n) is 6.46. The molecule has 0 aliphatic carbocycles. The van der Waals surface area contributed by atoms with E-state index in [4.69, 9.17) is 4.74 Å². The van der Waals surface area contributed by atoms with Gasteiger partial charge in [-0.05, 0) is 42.3 Å². The van der Waals surface area contributed by atoms with Gasteiger partial charge in [0.25, 0.3) is 0 Å². The number of carbonyl (C=O) groups excluding carboxylic acids is 1. The topological polar surface area (TPSA) is 64.1 Å². The second kappa shape index (κ2) is 8.36. The molecule has 5 nitrogen and oxygen atoms in total. The minimum atomic E-state index is -0.367. The van der Waals surface area contributed by atoms with Crippen LogP contribution < -0.4 is 5.32 Å². The van der Waals surface area contributed by atoms with E-state index < -0.39 is 0 Å². The lowest BCUT2D eigenvalue weighted by Crippen LogP contribution is -2.07. The van der Waals surface area contributed by atoms with Gasteiger partial charge in [-0.1, -0.05) is 30.3 Å². The summed E-state index contributed by atoms with van der Waals surface area (Å²) in [5, 5.41) is 3.93. The van der Waals surface area contributed by atoms with Crippen molar-refractivity contribution < 1.29 is 13.9 Å². The van der Waals surface area contributed by atoms with Crippen LogP contribution in [0, 0.1) is 12.7 Å². The first-order valence-electron chi connectivity index (χ1n) is 9.09. The van der Waals surface area contributed by atoms with Gasteiger partial charge in [0.1, 0.15) is 27.7 Å². The Kier molecular flexibility index (Phi) is 5.48. The third-order valence-corrected chi connectivity index (χ3v) is 5.67. The van der Waals surface area contributed by atoms with E-state index in [-0.39, 0.29) is 11.8 Å². The van der Waals surface area contributed by atoms with E-state index in [1.54, 1.807) is 12.1 Å². The quantitative estimate of drug-likeness (QED) is 0.441. The van der Waals surface area contributed by atoms with Crippen molar-refractivity contribution in [2.24, 2.45) is 0 Å². The van der Waals surface area contributed by atoms with Crippen molar-refractivity contribution in [1.29, 1.82) is 0 Å². The average Bonchev–Trinajstić information content (AvgIpc) is 3.08. The first-order valence-corrected chi connectivity index (χ1v) is 9.91. The monoisotopic (exact) mass is 407 g/mol. The van der Waals surface area contributed by atoms with Crippen LogP contribution in [-0.2, 0) is 11.2 Å². The van der Waals surface area contributed by atoms with Gasteiger partial charge in [-0.25, -0.2) is 19.2 Å². The number of aryl methyl sites for hydroxylation is 1. The SMILES string of the molecule is Cc1c(C(=O)OCCc2ccccc2)sc2ncnc(Nc3ccc(F)cc3)c12. The minimum Gasteiger partial charge on any atom is -0.461 e. The number of nitrogens with zero attached hydrogens (tertiary/aromatic N) is 2. The van der Waals surface area contributed by atoms with Crippen molar-refractivity contribution in [3.8, 4) is 0 Å². The van der Waals surface area contributed by atoms with Crippen LogP contribution in [0.2, 0.25) is 0 Å². The van der Waals surface area contributed by atoms with Crippen molar-refractivity contribution >= 4 is 39.0 Å². The summed E-state index contributed by atoms with van der Waals surface area (Å²) >= 11 is 1.28. The normalized spacial score (nSPS) is 10.8. The number of thiophene rings is 1. The van der Waals surface area contributed by atoms with E-state index in [1.165, 1.54) is 29.8 Å². The van der Waals surface area contributed by atoms with Crippen molar-refractivity contribution in [3.63, 3.8) is 0 Å². The molecule has 0 unspecified atom stereocenters. The minimum absolute atomic E-state index is 0.308. The molecule has 2 heterocycles. The summed E-state index contributed by atoms with van der Waals surface area (Å²) in [6.45, 7) is 2.16. The van der Waals surface area contributed by atoms with Crippen molar-refractivity contribution in [2.45, 2.75) is 13.3 Å². The number of aromatic nitrogens is 2. The van der Waals surface area contributed by atoms with Gasteiger partial charge in [0.05, 0.1) is 12.0 Å². The first-order chi connectivity index (χ1) is 14.1. The van der Waals surface area contributed by atoms with E-state index in [0.717, 1.165) is 16.5 Å². The number of hydrogen-bond donors (Lipinski definition) is 1. The van der Waals surface area contributed by atoms with Gasteiger partial charge >= 0.3 is 5.97 Å². The predicted molar refractivity (Wildman–Crippen MR) is 112 cm³/mol. The van der Waals surface area contributed by atoms with Gasteiger partial charge in [0.15, 0.2) is 0 Å². The fourth-order valence-corrected chi connectivity index (χ4v) is 4.05. The zero-order valence-electron chi connectivity index (χ0n) is 15.7. The predicted octanol–water partition coefficient (Wildman–Crippen LogP) is 5.28. The molecule has 4 rings (SSSR count). The van der Waals surface area contributed by atoms with Crippen LogP contribution in [-0.4, -0.2) is 22.5 Å². The van der Waals surface area contributed by atoms with Crippen LogP contribution in [0.25, 0.3) is 10.2 Å². The molecule has 2 aromatic heterocycles. The molecular weight excluding hydrogens is 389 g/mol. The Morgan fingerprint density at radius 2 is 1.86 bits per heavy atom. The molecule has 7 heteroatoms. The molecule has 2 aromatic carbocycles. The highest BCUT2D eigenvalue weighted by atomic mass is 32.1. The number of nitrogens with one attached hydrogen (secondary N) is 1. The number of halogens is 1. The van der Waals surface area contributed by atoms with Crippen LogP contribution in [0.15, 0.2) is 60.9 Å². The zero-order valence-corrected chi connectivity index (χ0v) is 16.5. The third-order valence-electron chi connectivity index (χ3n) is 4.49. The Bertz CT molecular complexity index is 1140. The molecule has 1 N–H and O–H groups in total. The fourth-order valence-electron chi connectivity index (χ4n) is 3.00. The van der Waals surface area contributed by atoms with Crippen LogP contribution in [0.1, 0.15) is 20.8 Å². The van der Waals surface area contributed by atoms with Crippen LogP contribution >= 0.6 is 11.3 Å². The standard InChI is InChI=1S/C22H18FN3O2S/c1-14-18-20(26-17-9-7-16(23)8-10-17)24-13-25-21(18)29-19(14)22(27)28-12-11-15-5-3-2-4-6-15/h2-10,13H,11-12H2,1H3,(H,24,25,26). The lowest BCUT2D eigenvalue weighted by atomic mass is 10.2. The lowest BCUT2D eigenvalue weighted by Gasteiger charge is -2.07. The van der Waals surface area contributed by atoms with Gasteiger partial charge in [-0.2, -0.15) is 0 Å². The molecule has 0 saturated carbocycles. The number of hydrogen-bond acceptors (Lipinski definition) is 6. The highest BCUT2D eigenvalue weighted by Gasteiger charge is 2.20. The van der Waals surface area contributed by atoms with E-state index in [1.807, 2.05) is 37.3 Å². The average molecular weight is 407 g/mol. The van der Waals surface area contributed by atoms with Crippen molar-refractivity contribution in [2.75, 3.05) is 11.9 Å². The summed E-state index contributed by atoms with van der Waals surface area (Å²) in [5.41, 5.74) is 2.58. The van der Waals surface area contributed by atoms with Gasteiger partial charge < -0.3 is 10.1 Å². The number of esters is 1. The van der Waals surface area contributed by atoms with Gasteiger partial charge in [0.2, 0.25) is 0 Å². The maximum absolute atomic E-state index is 13.1. The molecule has 29 heavy (non-hydrogen) atoms. The molecule has 146 valence electrons. The summed E-state index contributed by atoms with van der Waals surface area (Å²) < 4.78 is 18.6. The van der Waals surface area contributed by atoms with E-state index in [9.17, 15) is 9.18 Å². The summed E-state index contributed by atoms with van der Waals surface area (Å²) in [6.07, 6.45) is 2.10. The highest BCUT2D eigenvalue weighted by molar-refractivity contribution is 7.20. The number of carbonyl (C=O) groups is 1. The summed E-state index contributed by atoms with van der Waals surface area (Å²) in [6, 6.07) is 15.9. The van der Waals surface area contributed by atoms with Crippen LogP contribution in [0.5, 0.6) is 0 Å². The molecule has 0 aliphatic rings. The molecule has 0 spiro atoms. The Morgan fingerprint density at radius 3 is 2.62 bits per heavy atom. The number of fused-ring (bicyclic) bond motifs is 1. The van der Waals surface area contributed by atoms with E-state index >= 15 is 0 Å². The second-order valence-corrected chi connectivity index (χ2v) is 7.46. The smallest absolute Gasteiger partial charge is 0.348 e. The van der Waals surface area contributed by atoms with Crippen molar-refractivity contribution in [3.05, 3.63) is 82.7 Å². The molecule has 0 amide bonds. The molecule has 0 aliphatic heterocycles. The molecule has 0 radical (unpaired) electrons. The maximum atomic E-state index is 13.1. The molecular formula is C22H18FN3O2S. The maximum Gasteiger partial charge on any atom is 0.348 e. The van der Waals surface area contributed by atoms with Gasteiger partial charge in [-0.3, -0.25) is 0 Å². The molecule has 0 atom stereocenters. The summed E-state index contributed by atoms with van der Waals surface area (Å²) in [5.74, 6) is -0.108. The Morgan fingerprint density at radius 1 is 1.10 bits per heavy atom. The van der Waals surface area contributed by atoms with Crippen LogP contribution in [0.3, 0.4) is 0 Å². The third kappa shape index (κ3) is 4.25. The first kappa shape index (κ1) is 19.0. The molecule has 4 aromatic rings. The lowest BCUT2D eigenvalue weighted by molar-refractivity contribution is 0.0514. The van der Waals surface area contributed by atoms with Crippen molar-refractivity contribution in [1.82, 2.24) is 9.97 Å². The van der Waals surface area contributed by atoms with E-state index in [2.05, 4.69) is 15.3 Å². The highest BCUT2D eigenvalue weighted by Crippen LogP contribution is 2.34. The summed E-state index contributed by atoms with van der Waals surface area (Å²) in [7, 11) is 0. The number of rotatable bonds is 6. The number of ether oxygens (including phenoxy) is 1. The largest absolute Gasteiger partial charge is 0.461 e. The van der Waals surface area contributed by atoms with E-state index in [0.29, 0.717) is 34.2 Å². The van der Waals surface area contributed by atoms with Crippen LogP contribution in [0.4, 0.5) is 15.9 Å². The molecule has 0 saturated heterocycles. The Hall–Kier alpha value is -3.32. The zero-order chi connectivity index (χ0) is 20.2. The Balaban J connectivity index is 1.53. The molecule has 0 bridgehead atoms. The Labute approximate surface area is 171 Å². The van der Waals surface area contributed by atoms with Gasteiger partial charge in [0, 0.05) is 12.1 Å².